The highest BCUT2D eigenvalue weighted by atomic mass is 32.2. The lowest BCUT2D eigenvalue weighted by Gasteiger charge is -2.26. The van der Waals surface area contributed by atoms with Gasteiger partial charge in [-0.3, -0.25) is 4.31 Å². The molecule has 0 radical (unpaired) electrons. The number of benzene rings is 2. The van der Waals surface area contributed by atoms with Gasteiger partial charge in [-0.1, -0.05) is 32.9 Å². The van der Waals surface area contributed by atoms with Crippen molar-refractivity contribution in [2.24, 2.45) is 5.92 Å². The highest BCUT2D eigenvalue weighted by Gasteiger charge is 2.27. The lowest BCUT2D eigenvalue weighted by molar-refractivity contribution is 0.0611. The fraction of sp³-hybridized carbons (Fsp3) is 0.536. The number of imidazole rings is 1. The number of nitrogens with zero attached hydrogens (tertiary/aromatic N) is 3. The Hall–Kier alpha value is -2.46. The first-order valence-electron chi connectivity index (χ1n) is 13.0. The van der Waals surface area contributed by atoms with E-state index in [-0.39, 0.29) is 10.3 Å². The molecular weight excluding hydrogens is 488 g/mol. The van der Waals surface area contributed by atoms with Crippen LogP contribution in [0.4, 0.5) is 5.69 Å². The molecule has 9 heteroatoms. The smallest absolute Gasteiger partial charge is 0.264 e. The molecule has 1 aliphatic heterocycles. The third-order valence-corrected chi connectivity index (χ3v) is 8.74. The van der Waals surface area contributed by atoms with Gasteiger partial charge in [0, 0.05) is 52.4 Å². The zero-order chi connectivity index (χ0) is 26.6. The van der Waals surface area contributed by atoms with Gasteiger partial charge in [-0.2, -0.15) is 0 Å². The first kappa shape index (κ1) is 27.6. The van der Waals surface area contributed by atoms with Crippen LogP contribution in [0.5, 0.6) is 0 Å². The fourth-order valence-electron chi connectivity index (χ4n) is 4.74. The molecule has 0 bridgehead atoms. The molecular formula is C28H40N4O4S. The molecule has 202 valence electrons. The van der Waals surface area contributed by atoms with E-state index >= 15 is 0 Å². The molecule has 8 nitrogen and oxygen atoms in total. The SMILES string of the molecule is COCCNCc1ccc(S(=O)(=O)N(C)c2ccc3c(c2)nc(C(C)(C)C)n3CC2CCOCC2)cc1. The van der Waals surface area contributed by atoms with Crippen molar-refractivity contribution >= 4 is 26.7 Å². The Morgan fingerprint density at radius 1 is 1.14 bits per heavy atom. The van der Waals surface area contributed by atoms with Crippen LogP contribution in [-0.4, -0.2) is 58.5 Å². The van der Waals surface area contributed by atoms with E-state index in [1.54, 1.807) is 26.3 Å². The largest absolute Gasteiger partial charge is 0.383 e. The van der Waals surface area contributed by atoms with Crippen LogP contribution in [0.15, 0.2) is 47.4 Å². The Bertz CT molecular complexity index is 1290. The number of hydrogen-bond acceptors (Lipinski definition) is 6. The molecule has 0 aliphatic carbocycles. The first-order valence-corrected chi connectivity index (χ1v) is 14.4. The number of fused-ring (bicyclic) bond motifs is 1. The van der Waals surface area contributed by atoms with Gasteiger partial charge in [0.25, 0.3) is 10.0 Å². The summed E-state index contributed by atoms with van der Waals surface area (Å²) < 4.78 is 41.1. The molecule has 0 atom stereocenters. The van der Waals surface area contributed by atoms with Gasteiger partial charge in [0.15, 0.2) is 0 Å². The number of aromatic nitrogens is 2. The number of ether oxygens (including phenoxy) is 2. The van der Waals surface area contributed by atoms with Crippen LogP contribution in [-0.2, 0) is 38.0 Å². The summed E-state index contributed by atoms with van der Waals surface area (Å²) in [6, 6.07) is 12.8. The van der Waals surface area contributed by atoms with E-state index in [4.69, 9.17) is 14.5 Å². The van der Waals surface area contributed by atoms with E-state index in [0.29, 0.717) is 24.8 Å². The lowest BCUT2D eigenvalue weighted by Crippen LogP contribution is -2.26. The van der Waals surface area contributed by atoms with Crippen LogP contribution in [0.2, 0.25) is 0 Å². The predicted molar refractivity (Wildman–Crippen MR) is 148 cm³/mol. The molecule has 2 heterocycles. The van der Waals surface area contributed by atoms with Crippen molar-refractivity contribution in [3.05, 3.63) is 53.9 Å². The maximum absolute atomic E-state index is 13.4. The van der Waals surface area contributed by atoms with Gasteiger partial charge in [-0.15, -0.1) is 0 Å². The number of sulfonamides is 1. The molecule has 0 saturated carbocycles. The number of rotatable bonds is 10. The Morgan fingerprint density at radius 2 is 1.84 bits per heavy atom. The van der Waals surface area contributed by atoms with E-state index in [0.717, 1.165) is 61.6 Å². The molecule has 1 saturated heterocycles. The predicted octanol–water partition coefficient (Wildman–Crippen LogP) is 4.32. The number of methoxy groups -OCH3 is 1. The topological polar surface area (TPSA) is 85.7 Å². The Labute approximate surface area is 221 Å². The quantitative estimate of drug-likeness (QED) is 0.395. The molecule has 1 aromatic heterocycles. The molecule has 37 heavy (non-hydrogen) atoms. The summed E-state index contributed by atoms with van der Waals surface area (Å²) >= 11 is 0. The van der Waals surface area contributed by atoms with Crippen molar-refractivity contribution in [3.8, 4) is 0 Å². The molecule has 0 amide bonds. The van der Waals surface area contributed by atoms with Crippen LogP contribution >= 0.6 is 0 Å². The summed E-state index contributed by atoms with van der Waals surface area (Å²) in [5.41, 5.74) is 3.32. The van der Waals surface area contributed by atoms with Crippen LogP contribution in [0.1, 0.15) is 45.0 Å². The van der Waals surface area contributed by atoms with Crippen LogP contribution in [0, 0.1) is 5.92 Å². The molecule has 1 N–H and O–H groups in total. The molecule has 2 aromatic carbocycles. The molecule has 3 aromatic rings. The van der Waals surface area contributed by atoms with Gasteiger partial charge < -0.3 is 19.4 Å². The van der Waals surface area contributed by atoms with E-state index in [1.807, 2.05) is 30.3 Å². The maximum atomic E-state index is 13.4. The third-order valence-electron chi connectivity index (χ3n) is 6.94. The van der Waals surface area contributed by atoms with Crippen molar-refractivity contribution < 1.29 is 17.9 Å². The summed E-state index contributed by atoms with van der Waals surface area (Å²) in [5.74, 6) is 1.57. The molecule has 4 rings (SSSR count). The van der Waals surface area contributed by atoms with Gasteiger partial charge in [-0.05, 0) is 54.7 Å². The second kappa shape index (κ2) is 11.5. The maximum Gasteiger partial charge on any atom is 0.264 e. The zero-order valence-electron chi connectivity index (χ0n) is 22.7. The minimum atomic E-state index is -3.72. The minimum Gasteiger partial charge on any atom is -0.383 e. The van der Waals surface area contributed by atoms with Crippen LogP contribution < -0.4 is 9.62 Å². The highest BCUT2D eigenvalue weighted by Crippen LogP contribution is 2.32. The van der Waals surface area contributed by atoms with Gasteiger partial charge >= 0.3 is 0 Å². The highest BCUT2D eigenvalue weighted by molar-refractivity contribution is 7.92. The van der Waals surface area contributed by atoms with E-state index in [2.05, 4.69) is 30.7 Å². The summed E-state index contributed by atoms with van der Waals surface area (Å²) in [6.07, 6.45) is 2.09. The lowest BCUT2D eigenvalue weighted by atomic mass is 9.94. The van der Waals surface area contributed by atoms with Gasteiger partial charge in [0.1, 0.15) is 5.82 Å². The van der Waals surface area contributed by atoms with Crippen molar-refractivity contribution in [1.29, 1.82) is 0 Å². The number of hydrogen-bond donors (Lipinski definition) is 1. The van der Waals surface area contributed by atoms with E-state index in [1.165, 1.54) is 4.31 Å². The standard InChI is InChI=1S/C28H40N4O4S/c1-28(2,3)27-30-25-18-23(8-11-26(25)32(27)20-22-12-15-36-16-13-22)31(4)37(33,34)24-9-6-21(7-10-24)19-29-14-17-35-5/h6-11,18,22,29H,12-17,19-20H2,1-5H3. The zero-order valence-corrected chi connectivity index (χ0v) is 23.5. The second-order valence-electron chi connectivity index (χ2n) is 10.8. The summed E-state index contributed by atoms with van der Waals surface area (Å²) in [6.45, 7) is 11.0. The first-order chi connectivity index (χ1) is 17.6. The van der Waals surface area contributed by atoms with Gasteiger partial charge in [0.05, 0.1) is 28.2 Å². The Balaban J connectivity index is 1.58. The summed E-state index contributed by atoms with van der Waals surface area (Å²) in [7, 11) is -0.454. The molecule has 0 unspecified atom stereocenters. The van der Waals surface area contributed by atoms with Crippen molar-refractivity contribution in [2.45, 2.75) is 57.0 Å². The monoisotopic (exact) mass is 528 g/mol. The van der Waals surface area contributed by atoms with Crippen LogP contribution in [0.25, 0.3) is 11.0 Å². The summed E-state index contributed by atoms with van der Waals surface area (Å²) in [5, 5.41) is 3.27. The third kappa shape index (κ3) is 6.34. The molecule has 1 aliphatic rings. The normalized spacial score (nSPS) is 15.4. The van der Waals surface area contributed by atoms with Crippen molar-refractivity contribution in [2.75, 3.05) is 44.8 Å². The number of nitrogens with one attached hydrogen (secondary N) is 1. The van der Waals surface area contributed by atoms with E-state index < -0.39 is 10.0 Å². The van der Waals surface area contributed by atoms with Crippen molar-refractivity contribution in [1.82, 2.24) is 14.9 Å². The van der Waals surface area contributed by atoms with E-state index in [9.17, 15) is 8.42 Å². The molecule has 0 spiro atoms. The minimum absolute atomic E-state index is 0.136. The fourth-order valence-corrected chi connectivity index (χ4v) is 5.93. The van der Waals surface area contributed by atoms with Crippen molar-refractivity contribution in [3.63, 3.8) is 0 Å². The Kier molecular flexibility index (Phi) is 8.58. The Morgan fingerprint density at radius 3 is 2.49 bits per heavy atom. The average molecular weight is 529 g/mol. The number of anilines is 1. The average Bonchev–Trinajstić information content (AvgIpc) is 3.25. The molecule has 1 fully saturated rings. The van der Waals surface area contributed by atoms with Gasteiger partial charge in [-0.25, -0.2) is 13.4 Å². The summed E-state index contributed by atoms with van der Waals surface area (Å²) in [4.78, 5) is 5.26. The van der Waals surface area contributed by atoms with Gasteiger partial charge in [0.2, 0.25) is 0 Å². The van der Waals surface area contributed by atoms with Crippen LogP contribution in [0.3, 0.4) is 0 Å². The second-order valence-corrected chi connectivity index (χ2v) is 12.8.